The molecule has 0 aliphatic heterocycles. The average molecular weight is 272 g/mol. The molecule has 2 aromatic rings. The van der Waals surface area contributed by atoms with Crippen LogP contribution in [0.2, 0.25) is 0 Å². The van der Waals surface area contributed by atoms with Crippen molar-refractivity contribution < 1.29 is 8.42 Å². The number of nitrogens with zero attached hydrogens (tertiary/aromatic N) is 2. The maximum atomic E-state index is 11.3. The molecule has 2 N–H and O–H groups in total. The maximum Gasteiger partial charge on any atom is 0.240 e. The highest BCUT2D eigenvalue weighted by Crippen LogP contribution is 2.21. The first-order valence-corrected chi connectivity index (χ1v) is 6.03. The summed E-state index contributed by atoms with van der Waals surface area (Å²) in [5.41, 5.74) is 0.748. The topological polar surface area (TPSA) is 85.9 Å². The standard InChI is InChI=1S/C10H9N3O2S.ClH/c11-16(14,15)9-5-3-7-13-10(9)8-4-1-2-6-12-8;/h1-7H,(H2,11,14,15);1H. The lowest BCUT2D eigenvalue weighted by Crippen LogP contribution is -2.14. The summed E-state index contributed by atoms with van der Waals surface area (Å²) < 4.78 is 22.7. The van der Waals surface area contributed by atoms with E-state index in [1.807, 2.05) is 0 Å². The van der Waals surface area contributed by atoms with Crippen molar-refractivity contribution in [1.29, 1.82) is 0 Å². The molecule has 0 amide bonds. The van der Waals surface area contributed by atoms with Crippen molar-refractivity contribution >= 4 is 22.4 Å². The van der Waals surface area contributed by atoms with Gasteiger partial charge in [-0.05, 0) is 24.3 Å². The Morgan fingerprint density at radius 3 is 2.29 bits per heavy atom. The number of hydrogen-bond donors (Lipinski definition) is 1. The predicted molar refractivity (Wildman–Crippen MR) is 66.1 cm³/mol. The van der Waals surface area contributed by atoms with Crippen LogP contribution < -0.4 is 5.14 Å². The molecule has 90 valence electrons. The number of aromatic nitrogens is 2. The second-order valence-electron chi connectivity index (χ2n) is 3.11. The van der Waals surface area contributed by atoms with Crippen molar-refractivity contribution in [3.8, 4) is 11.4 Å². The van der Waals surface area contributed by atoms with Crippen molar-refractivity contribution in [3.63, 3.8) is 0 Å². The van der Waals surface area contributed by atoms with E-state index in [0.717, 1.165) is 0 Å². The molecule has 2 rings (SSSR count). The van der Waals surface area contributed by atoms with E-state index in [0.29, 0.717) is 5.69 Å². The van der Waals surface area contributed by atoms with Crippen LogP contribution in [-0.4, -0.2) is 18.4 Å². The number of rotatable bonds is 2. The van der Waals surface area contributed by atoms with E-state index in [-0.39, 0.29) is 23.0 Å². The zero-order valence-corrected chi connectivity index (χ0v) is 10.3. The Labute approximate surface area is 105 Å². The number of halogens is 1. The maximum absolute atomic E-state index is 11.3. The quantitative estimate of drug-likeness (QED) is 0.890. The minimum absolute atomic E-state index is 0. The highest BCUT2D eigenvalue weighted by atomic mass is 35.5. The zero-order valence-electron chi connectivity index (χ0n) is 8.65. The van der Waals surface area contributed by atoms with Gasteiger partial charge in [-0.3, -0.25) is 9.97 Å². The molecule has 0 aliphatic carbocycles. The van der Waals surface area contributed by atoms with E-state index in [9.17, 15) is 8.42 Å². The Kier molecular flexibility index (Phi) is 4.17. The summed E-state index contributed by atoms with van der Waals surface area (Å²) in [5, 5.41) is 5.10. The minimum atomic E-state index is -3.78. The van der Waals surface area contributed by atoms with E-state index in [4.69, 9.17) is 5.14 Å². The Balaban J connectivity index is 0.00000144. The Morgan fingerprint density at radius 2 is 1.71 bits per heavy atom. The van der Waals surface area contributed by atoms with Crippen molar-refractivity contribution in [2.75, 3.05) is 0 Å². The monoisotopic (exact) mass is 271 g/mol. The van der Waals surface area contributed by atoms with Gasteiger partial charge in [-0.1, -0.05) is 6.07 Å². The number of primary sulfonamides is 1. The summed E-state index contributed by atoms with van der Waals surface area (Å²) in [6.45, 7) is 0. The van der Waals surface area contributed by atoms with Gasteiger partial charge in [0.1, 0.15) is 10.6 Å². The fourth-order valence-electron chi connectivity index (χ4n) is 1.32. The van der Waals surface area contributed by atoms with E-state index in [1.165, 1.54) is 18.3 Å². The van der Waals surface area contributed by atoms with Gasteiger partial charge >= 0.3 is 0 Å². The fraction of sp³-hybridized carbons (Fsp3) is 0. The van der Waals surface area contributed by atoms with Gasteiger partial charge in [0.25, 0.3) is 0 Å². The number of hydrogen-bond acceptors (Lipinski definition) is 4. The molecule has 5 nitrogen and oxygen atoms in total. The van der Waals surface area contributed by atoms with Crippen molar-refractivity contribution in [3.05, 3.63) is 42.7 Å². The van der Waals surface area contributed by atoms with Gasteiger partial charge in [-0.15, -0.1) is 12.4 Å². The fourth-order valence-corrected chi connectivity index (χ4v) is 2.01. The molecular weight excluding hydrogens is 262 g/mol. The Hall–Kier alpha value is -1.50. The third-order valence-electron chi connectivity index (χ3n) is 1.98. The third kappa shape index (κ3) is 3.00. The first-order chi connectivity index (χ1) is 7.59. The van der Waals surface area contributed by atoms with Crippen LogP contribution in [-0.2, 0) is 10.0 Å². The summed E-state index contributed by atoms with van der Waals surface area (Å²) >= 11 is 0. The van der Waals surface area contributed by atoms with E-state index in [1.54, 1.807) is 24.4 Å². The molecule has 0 saturated carbocycles. The highest BCUT2D eigenvalue weighted by molar-refractivity contribution is 7.89. The second kappa shape index (κ2) is 5.22. The smallest absolute Gasteiger partial charge is 0.240 e. The van der Waals surface area contributed by atoms with Crippen LogP contribution in [0, 0.1) is 0 Å². The van der Waals surface area contributed by atoms with E-state index < -0.39 is 10.0 Å². The van der Waals surface area contributed by atoms with Crippen molar-refractivity contribution in [2.24, 2.45) is 5.14 Å². The number of sulfonamides is 1. The lowest BCUT2D eigenvalue weighted by atomic mass is 10.2. The van der Waals surface area contributed by atoms with Gasteiger partial charge in [-0.25, -0.2) is 13.6 Å². The van der Waals surface area contributed by atoms with Gasteiger partial charge in [0.2, 0.25) is 10.0 Å². The van der Waals surface area contributed by atoms with Crippen LogP contribution in [0.15, 0.2) is 47.6 Å². The normalized spacial score (nSPS) is 10.6. The highest BCUT2D eigenvalue weighted by Gasteiger charge is 2.16. The van der Waals surface area contributed by atoms with Crippen molar-refractivity contribution in [2.45, 2.75) is 4.90 Å². The average Bonchev–Trinajstić information content (AvgIpc) is 2.29. The Bertz CT molecular complexity index is 602. The molecule has 0 unspecified atom stereocenters. The van der Waals surface area contributed by atoms with Crippen LogP contribution in [0.5, 0.6) is 0 Å². The first-order valence-electron chi connectivity index (χ1n) is 4.48. The molecule has 2 aromatic heterocycles. The molecule has 0 atom stereocenters. The van der Waals surface area contributed by atoms with Crippen molar-refractivity contribution in [1.82, 2.24) is 9.97 Å². The van der Waals surface area contributed by atoms with E-state index in [2.05, 4.69) is 9.97 Å². The number of nitrogens with two attached hydrogens (primary N) is 1. The molecular formula is C10H10ClN3O2S. The van der Waals surface area contributed by atoms with Gasteiger partial charge in [-0.2, -0.15) is 0 Å². The van der Waals surface area contributed by atoms with Crippen LogP contribution in [0.25, 0.3) is 11.4 Å². The molecule has 7 heteroatoms. The lowest BCUT2D eigenvalue weighted by molar-refractivity contribution is 0.597. The largest absolute Gasteiger partial charge is 0.255 e. The lowest BCUT2D eigenvalue weighted by Gasteiger charge is -2.04. The van der Waals surface area contributed by atoms with Gasteiger partial charge in [0.15, 0.2) is 0 Å². The molecule has 0 spiro atoms. The third-order valence-corrected chi connectivity index (χ3v) is 2.93. The van der Waals surface area contributed by atoms with E-state index >= 15 is 0 Å². The second-order valence-corrected chi connectivity index (χ2v) is 4.64. The van der Waals surface area contributed by atoms with Crippen LogP contribution in [0.4, 0.5) is 0 Å². The SMILES string of the molecule is Cl.NS(=O)(=O)c1cccnc1-c1ccccn1. The molecule has 2 heterocycles. The predicted octanol–water partition coefficient (Wildman–Crippen LogP) is 1.21. The molecule has 17 heavy (non-hydrogen) atoms. The summed E-state index contributed by atoms with van der Waals surface area (Å²) in [6.07, 6.45) is 3.07. The summed E-state index contributed by atoms with van der Waals surface area (Å²) in [6, 6.07) is 8.10. The molecule has 0 radical (unpaired) electrons. The zero-order chi connectivity index (χ0) is 11.6. The summed E-state index contributed by atoms with van der Waals surface area (Å²) in [7, 11) is -3.78. The Morgan fingerprint density at radius 1 is 1.00 bits per heavy atom. The van der Waals surface area contributed by atoms with Gasteiger partial charge in [0.05, 0.1) is 5.69 Å². The molecule has 0 saturated heterocycles. The molecule has 0 fully saturated rings. The molecule has 0 aliphatic rings. The van der Waals surface area contributed by atoms with Crippen LogP contribution in [0.3, 0.4) is 0 Å². The van der Waals surface area contributed by atoms with Gasteiger partial charge in [0, 0.05) is 12.4 Å². The first kappa shape index (κ1) is 13.6. The van der Waals surface area contributed by atoms with Crippen LogP contribution in [0.1, 0.15) is 0 Å². The summed E-state index contributed by atoms with van der Waals surface area (Å²) in [4.78, 5) is 8.01. The van der Waals surface area contributed by atoms with Crippen LogP contribution >= 0.6 is 12.4 Å². The molecule has 0 bridgehead atoms. The molecule has 0 aromatic carbocycles. The van der Waals surface area contributed by atoms with Gasteiger partial charge < -0.3 is 0 Å². The number of pyridine rings is 2. The summed E-state index contributed by atoms with van der Waals surface area (Å²) in [5.74, 6) is 0. The minimum Gasteiger partial charge on any atom is -0.255 e.